The molecular formula is C18H20N6O4. The van der Waals surface area contributed by atoms with Gasteiger partial charge in [-0.2, -0.15) is 5.10 Å². The standard InChI is InChI=1S/C18H20N6O4/c1-11(12-5-7-13(28-4)8-6-12)20-21-14(25)9-24-10-19-16-15(24)17(26)23(3)18(27)22(16)2/h5-8,10H,9H2,1-4H3,(H,21,25)/b20-11+. The van der Waals surface area contributed by atoms with Gasteiger partial charge >= 0.3 is 5.69 Å². The number of amides is 1. The second-order valence-electron chi connectivity index (χ2n) is 6.21. The number of hydrogen-bond donors (Lipinski definition) is 1. The van der Waals surface area contributed by atoms with E-state index >= 15 is 0 Å². The highest BCUT2D eigenvalue weighted by molar-refractivity contribution is 5.99. The Balaban J connectivity index is 1.80. The third kappa shape index (κ3) is 3.43. The number of rotatable bonds is 5. The molecule has 28 heavy (non-hydrogen) atoms. The number of carbonyl (C=O) groups is 1. The number of hydrogen-bond acceptors (Lipinski definition) is 6. The Morgan fingerprint density at radius 1 is 1.18 bits per heavy atom. The summed E-state index contributed by atoms with van der Waals surface area (Å²) in [5.41, 5.74) is 3.32. The third-order valence-electron chi connectivity index (χ3n) is 4.39. The van der Waals surface area contributed by atoms with Gasteiger partial charge in [-0.3, -0.25) is 18.7 Å². The minimum absolute atomic E-state index is 0.163. The number of aryl methyl sites for hydroxylation is 1. The van der Waals surface area contributed by atoms with Gasteiger partial charge in [-0.05, 0) is 36.8 Å². The molecule has 0 unspecified atom stereocenters. The van der Waals surface area contributed by atoms with E-state index in [-0.39, 0.29) is 17.7 Å². The van der Waals surface area contributed by atoms with Gasteiger partial charge in [0.25, 0.3) is 11.5 Å². The minimum atomic E-state index is -0.513. The number of benzene rings is 1. The molecule has 0 fully saturated rings. The van der Waals surface area contributed by atoms with Crippen molar-refractivity contribution in [3.05, 3.63) is 57.0 Å². The Labute approximate surface area is 159 Å². The number of ether oxygens (including phenoxy) is 1. The normalized spacial score (nSPS) is 11.6. The molecule has 0 saturated carbocycles. The number of hydrazone groups is 1. The van der Waals surface area contributed by atoms with Crippen molar-refractivity contribution in [3.63, 3.8) is 0 Å². The monoisotopic (exact) mass is 384 g/mol. The van der Waals surface area contributed by atoms with Crippen molar-refractivity contribution >= 4 is 22.8 Å². The van der Waals surface area contributed by atoms with Crippen molar-refractivity contribution in [2.24, 2.45) is 19.2 Å². The van der Waals surface area contributed by atoms with E-state index in [1.165, 1.54) is 29.6 Å². The van der Waals surface area contributed by atoms with E-state index in [2.05, 4.69) is 15.5 Å². The zero-order valence-corrected chi connectivity index (χ0v) is 16.0. The zero-order valence-electron chi connectivity index (χ0n) is 16.0. The van der Waals surface area contributed by atoms with Gasteiger partial charge < -0.3 is 9.30 Å². The second kappa shape index (κ2) is 7.51. The Morgan fingerprint density at radius 3 is 2.50 bits per heavy atom. The van der Waals surface area contributed by atoms with Gasteiger partial charge in [-0.15, -0.1) is 0 Å². The lowest BCUT2D eigenvalue weighted by atomic mass is 10.1. The van der Waals surface area contributed by atoms with Crippen LogP contribution < -0.4 is 21.4 Å². The van der Waals surface area contributed by atoms with Crippen LogP contribution in [0.4, 0.5) is 0 Å². The van der Waals surface area contributed by atoms with Crippen LogP contribution in [0.25, 0.3) is 11.2 Å². The van der Waals surface area contributed by atoms with Gasteiger partial charge in [0.2, 0.25) is 0 Å². The number of nitrogens with one attached hydrogen (secondary N) is 1. The number of fused-ring (bicyclic) bond motifs is 1. The molecule has 0 radical (unpaired) electrons. The summed E-state index contributed by atoms with van der Waals surface area (Å²) in [6.07, 6.45) is 1.35. The quantitative estimate of drug-likeness (QED) is 0.491. The minimum Gasteiger partial charge on any atom is -0.497 e. The molecule has 1 N–H and O–H groups in total. The Bertz CT molecular complexity index is 1180. The van der Waals surface area contributed by atoms with Crippen molar-refractivity contribution in [2.75, 3.05) is 7.11 Å². The number of methoxy groups -OCH3 is 1. The fraction of sp³-hybridized carbons (Fsp3) is 0.278. The molecule has 10 heteroatoms. The molecule has 3 aromatic rings. The predicted molar refractivity (Wildman–Crippen MR) is 104 cm³/mol. The van der Waals surface area contributed by atoms with Crippen molar-refractivity contribution in [1.82, 2.24) is 24.1 Å². The van der Waals surface area contributed by atoms with Gasteiger partial charge in [-0.25, -0.2) is 15.2 Å². The van der Waals surface area contributed by atoms with Crippen molar-refractivity contribution in [1.29, 1.82) is 0 Å². The largest absolute Gasteiger partial charge is 0.497 e. The first-order valence-corrected chi connectivity index (χ1v) is 8.42. The van der Waals surface area contributed by atoms with E-state index in [4.69, 9.17) is 4.74 Å². The number of aromatic nitrogens is 4. The summed E-state index contributed by atoms with van der Waals surface area (Å²) in [5.74, 6) is 0.298. The van der Waals surface area contributed by atoms with Gasteiger partial charge in [0.05, 0.1) is 19.1 Å². The molecule has 1 amide bonds. The summed E-state index contributed by atoms with van der Waals surface area (Å²) in [6, 6.07) is 7.26. The first-order valence-electron chi connectivity index (χ1n) is 8.42. The maximum absolute atomic E-state index is 12.4. The topological polar surface area (TPSA) is 113 Å². The van der Waals surface area contributed by atoms with E-state index in [1.807, 2.05) is 12.1 Å². The van der Waals surface area contributed by atoms with Crippen LogP contribution in [0.5, 0.6) is 5.75 Å². The summed E-state index contributed by atoms with van der Waals surface area (Å²) in [4.78, 5) is 40.7. The molecule has 0 spiro atoms. The molecule has 0 aliphatic heterocycles. The van der Waals surface area contributed by atoms with Crippen LogP contribution in [-0.2, 0) is 25.4 Å². The van der Waals surface area contributed by atoms with E-state index in [9.17, 15) is 14.4 Å². The molecule has 2 heterocycles. The maximum atomic E-state index is 12.4. The van der Waals surface area contributed by atoms with Gasteiger partial charge in [-0.1, -0.05) is 0 Å². The molecule has 0 aliphatic carbocycles. The van der Waals surface area contributed by atoms with Crippen LogP contribution in [0.3, 0.4) is 0 Å². The smallest absolute Gasteiger partial charge is 0.332 e. The molecule has 10 nitrogen and oxygen atoms in total. The summed E-state index contributed by atoms with van der Waals surface area (Å²) in [5, 5.41) is 4.09. The highest BCUT2D eigenvalue weighted by atomic mass is 16.5. The van der Waals surface area contributed by atoms with E-state index in [0.717, 1.165) is 15.9 Å². The molecular weight excluding hydrogens is 364 g/mol. The molecule has 0 bridgehead atoms. The van der Waals surface area contributed by atoms with Crippen LogP contribution in [0.1, 0.15) is 12.5 Å². The molecule has 3 rings (SSSR count). The van der Waals surface area contributed by atoms with E-state index < -0.39 is 17.2 Å². The average molecular weight is 384 g/mol. The van der Waals surface area contributed by atoms with Crippen molar-refractivity contribution in [2.45, 2.75) is 13.5 Å². The third-order valence-corrected chi connectivity index (χ3v) is 4.39. The lowest BCUT2D eigenvalue weighted by Crippen LogP contribution is -2.38. The summed E-state index contributed by atoms with van der Waals surface area (Å²) in [6.45, 7) is 1.60. The maximum Gasteiger partial charge on any atom is 0.332 e. The fourth-order valence-electron chi connectivity index (χ4n) is 2.75. The fourth-order valence-corrected chi connectivity index (χ4v) is 2.75. The number of imidazole rings is 1. The Hall–Kier alpha value is -3.69. The summed E-state index contributed by atoms with van der Waals surface area (Å²) in [7, 11) is 4.48. The second-order valence-corrected chi connectivity index (χ2v) is 6.21. The highest BCUT2D eigenvalue weighted by Crippen LogP contribution is 2.11. The Morgan fingerprint density at radius 2 is 1.86 bits per heavy atom. The van der Waals surface area contributed by atoms with Gasteiger partial charge in [0.1, 0.15) is 12.3 Å². The van der Waals surface area contributed by atoms with Crippen molar-refractivity contribution < 1.29 is 9.53 Å². The summed E-state index contributed by atoms with van der Waals surface area (Å²) >= 11 is 0. The van der Waals surface area contributed by atoms with Gasteiger partial charge in [0.15, 0.2) is 11.2 Å². The molecule has 146 valence electrons. The molecule has 2 aromatic heterocycles. The van der Waals surface area contributed by atoms with Crippen LogP contribution in [-0.4, -0.2) is 37.4 Å². The number of nitrogens with zero attached hydrogens (tertiary/aromatic N) is 5. The summed E-state index contributed by atoms with van der Waals surface area (Å²) < 4.78 is 8.74. The van der Waals surface area contributed by atoms with Crippen LogP contribution in [0, 0.1) is 0 Å². The zero-order chi connectivity index (χ0) is 20.4. The predicted octanol–water partition coefficient (Wildman–Crippen LogP) is -0.0173. The molecule has 0 aliphatic rings. The highest BCUT2D eigenvalue weighted by Gasteiger charge is 2.15. The van der Waals surface area contributed by atoms with Gasteiger partial charge in [0, 0.05) is 14.1 Å². The number of carbonyl (C=O) groups excluding carboxylic acids is 1. The van der Waals surface area contributed by atoms with Crippen LogP contribution in [0.2, 0.25) is 0 Å². The van der Waals surface area contributed by atoms with E-state index in [0.29, 0.717) is 5.71 Å². The molecule has 0 saturated heterocycles. The lowest BCUT2D eigenvalue weighted by molar-refractivity contribution is -0.121. The molecule has 1 aromatic carbocycles. The van der Waals surface area contributed by atoms with Crippen LogP contribution >= 0.6 is 0 Å². The Kier molecular flexibility index (Phi) is 5.12. The average Bonchev–Trinajstić information content (AvgIpc) is 3.12. The SMILES string of the molecule is COc1ccc(/C(C)=N/NC(=O)Cn2cnc3c2c(=O)n(C)c(=O)n3C)cc1. The van der Waals surface area contributed by atoms with E-state index in [1.54, 1.807) is 26.2 Å². The van der Waals surface area contributed by atoms with Crippen molar-refractivity contribution in [3.8, 4) is 5.75 Å². The molecule has 0 atom stereocenters. The van der Waals surface area contributed by atoms with Crippen LogP contribution in [0.15, 0.2) is 45.3 Å². The first kappa shape index (κ1) is 19.1. The first-order chi connectivity index (χ1) is 13.3. The lowest BCUT2D eigenvalue weighted by Gasteiger charge is -2.07.